The standard InChI is InChI=1S/C13H20N2O4S/c1-5-19-12(16)11-9(2)14-15(10(11)3)13(4)6-7-20(17,18)8-13/h5-8H2,1-4H3/t13-/m1/s1. The topological polar surface area (TPSA) is 78.3 Å². The summed E-state index contributed by atoms with van der Waals surface area (Å²) in [6.07, 6.45) is 0.513. The van der Waals surface area contributed by atoms with Crippen molar-refractivity contribution in [2.45, 2.75) is 39.7 Å². The summed E-state index contributed by atoms with van der Waals surface area (Å²) in [5, 5.41) is 4.38. The van der Waals surface area contributed by atoms with Crippen LogP contribution in [0.15, 0.2) is 0 Å². The fraction of sp³-hybridized carbons (Fsp3) is 0.692. The average Bonchev–Trinajstić information content (AvgIpc) is 2.77. The van der Waals surface area contributed by atoms with E-state index < -0.39 is 21.3 Å². The first-order chi connectivity index (χ1) is 9.20. The lowest BCUT2D eigenvalue weighted by Crippen LogP contribution is -2.33. The van der Waals surface area contributed by atoms with Crippen LogP contribution in [0.3, 0.4) is 0 Å². The molecule has 0 spiro atoms. The Morgan fingerprint density at radius 1 is 1.45 bits per heavy atom. The average molecular weight is 300 g/mol. The van der Waals surface area contributed by atoms with Crippen LogP contribution in [0.4, 0.5) is 0 Å². The molecule has 1 aromatic heterocycles. The molecule has 0 amide bonds. The molecule has 0 N–H and O–H groups in total. The van der Waals surface area contributed by atoms with E-state index in [4.69, 9.17) is 4.74 Å². The smallest absolute Gasteiger partial charge is 0.341 e. The van der Waals surface area contributed by atoms with E-state index in [1.807, 2.05) is 6.92 Å². The molecule has 0 bridgehead atoms. The second-order valence-corrected chi connectivity index (χ2v) is 7.70. The van der Waals surface area contributed by atoms with Gasteiger partial charge >= 0.3 is 5.97 Å². The highest BCUT2D eigenvalue weighted by molar-refractivity contribution is 7.91. The number of nitrogens with zero attached hydrogens (tertiary/aromatic N) is 2. The van der Waals surface area contributed by atoms with Gasteiger partial charge in [-0.3, -0.25) is 4.68 Å². The normalized spacial score (nSPS) is 24.8. The van der Waals surface area contributed by atoms with Gasteiger partial charge in [0, 0.05) is 0 Å². The van der Waals surface area contributed by atoms with E-state index >= 15 is 0 Å². The van der Waals surface area contributed by atoms with Crippen molar-refractivity contribution in [1.82, 2.24) is 9.78 Å². The Bertz CT molecular complexity index is 648. The van der Waals surface area contributed by atoms with E-state index in [1.54, 1.807) is 25.5 Å². The number of aromatic nitrogens is 2. The fourth-order valence-electron chi connectivity index (χ4n) is 2.83. The molecule has 1 atom stereocenters. The second kappa shape index (κ2) is 4.87. The van der Waals surface area contributed by atoms with Crippen LogP contribution in [0, 0.1) is 13.8 Å². The van der Waals surface area contributed by atoms with Crippen LogP contribution in [0.5, 0.6) is 0 Å². The molecule has 0 unspecified atom stereocenters. The molecule has 112 valence electrons. The summed E-state index contributed by atoms with van der Waals surface area (Å²) in [6, 6.07) is 0. The maximum atomic E-state index is 12.0. The molecule has 20 heavy (non-hydrogen) atoms. The number of esters is 1. The predicted molar refractivity (Wildman–Crippen MR) is 74.6 cm³/mol. The van der Waals surface area contributed by atoms with Gasteiger partial charge in [0.05, 0.1) is 35.0 Å². The van der Waals surface area contributed by atoms with Crippen LogP contribution < -0.4 is 0 Å². The molecule has 7 heteroatoms. The zero-order valence-electron chi connectivity index (χ0n) is 12.3. The second-order valence-electron chi connectivity index (χ2n) is 5.52. The van der Waals surface area contributed by atoms with Crippen molar-refractivity contribution in [3.8, 4) is 0 Å². The van der Waals surface area contributed by atoms with Crippen LogP contribution in [-0.4, -0.2) is 42.3 Å². The lowest BCUT2D eigenvalue weighted by Gasteiger charge is -2.24. The Morgan fingerprint density at radius 3 is 2.60 bits per heavy atom. The molecule has 0 saturated carbocycles. The van der Waals surface area contributed by atoms with Gasteiger partial charge in [-0.05, 0) is 34.1 Å². The van der Waals surface area contributed by atoms with E-state index in [9.17, 15) is 13.2 Å². The zero-order valence-corrected chi connectivity index (χ0v) is 13.1. The van der Waals surface area contributed by atoms with Crippen molar-refractivity contribution in [2.24, 2.45) is 0 Å². The maximum absolute atomic E-state index is 12.0. The van der Waals surface area contributed by atoms with Crippen molar-refractivity contribution in [1.29, 1.82) is 0 Å². The number of hydrogen-bond donors (Lipinski definition) is 0. The lowest BCUT2D eigenvalue weighted by atomic mass is 10.0. The summed E-state index contributed by atoms with van der Waals surface area (Å²) in [4.78, 5) is 12.0. The number of carbonyl (C=O) groups is 1. The minimum atomic E-state index is -3.03. The maximum Gasteiger partial charge on any atom is 0.341 e. The minimum absolute atomic E-state index is 0.0597. The first kappa shape index (κ1) is 15.0. The summed E-state index contributed by atoms with van der Waals surface area (Å²) in [5.41, 5.74) is 1.10. The number of carbonyl (C=O) groups excluding carboxylic acids is 1. The highest BCUT2D eigenvalue weighted by atomic mass is 32.2. The molecule has 1 saturated heterocycles. The van der Waals surface area contributed by atoms with Crippen LogP contribution >= 0.6 is 0 Å². The predicted octanol–water partition coefficient (Wildman–Crippen LogP) is 1.21. The molecule has 2 rings (SSSR count). The van der Waals surface area contributed by atoms with Gasteiger partial charge in [0.15, 0.2) is 9.84 Å². The number of sulfone groups is 1. The molecule has 0 aliphatic carbocycles. The number of ether oxygens (including phenoxy) is 1. The largest absolute Gasteiger partial charge is 0.462 e. The molecule has 1 aliphatic rings. The van der Waals surface area contributed by atoms with Gasteiger partial charge in [-0.25, -0.2) is 13.2 Å². The number of hydrogen-bond acceptors (Lipinski definition) is 5. The van der Waals surface area contributed by atoms with Crippen LogP contribution in [0.25, 0.3) is 0 Å². The van der Waals surface area contributed by atoms with Gasteiger partial charge in [-0.1, -0.05) is 0 Å². The summed E-state index contributed by atoms with van der Waals surface area (Å²) in [5.74, 6) is -0.181. The Labute approximate surface area is 119 Å². The van der Waals surface area contributed by atoms with Crippen molar-refractivity contribution in [2.75, 3.05) is 18.1 Å². The molecular formula is C13H20N2O4S. The van der Waals surface area contributed by atoms with Crippen molar-refractivity contribution >= 4 is 15.8 Å². The summed E-state index contributed by atoms with van der Waals surface area (Å²) in [7, 11) is -3.03. The first-order valence-electron chi connectivity index (χ1n) is 6.64. The Hall–Kier alpha value is -1.37. The Morgan fingerprint density at radius 2 is 2.10 bits per heavy atom. The Balaban J connectivity index is 2.45. The molecule has 1 fully saturated rings. The zero-order chi connectivity index (χ0) is 15.1. The molecular weight excluding hydrogens is 280 g/mol. The van der Waals surface area contributed by atoms with E-state index in [1.165, 1.54) is 0 Å². The Kier molecular flexibility index (Phi) is 3.66. The van der Waals surface area contributed by atoms with E-state index in [0.717, 1.165) is 0 Å². The summed E-state index contributed by atoms with van der Waals surface area (Å²) >= 11 is 0. The lowest BCUT2D eigenvalue weighted by molar-refractivity contribution is 0.0524. The third-order valence-corrected chi connectivity index (χ3v) is 5.65. The molecule has 6 nitrogen and oxygen atoms in total. The van der Waals surface area contributed by atoms with Gasteiger partial charge in [0.1, 0.15) is 5.56 Å². The van der Waals surface area contributed by atoms with Crippen molar-refractivity contribution < 1.29 is 17.9 Å². The SMILES string of the molecule is CCOC(=O)c1c(C)nn([C@]2(C)CCS(=O)(=O)C2)c1C. The van der Waals surface area contributed by atoms with Gasteiger partial charge in [-0.2, -0.15) is 5.10 Å². The summed E-state index contributed by atoms with van der Waals surface area (Å²) in [6.45, 7) is 7.43. The quantitative estimate of drug-likeness (QED) is 0.784. The van der Waals surface area contributed by atoms with E-state index in [-0.39, 0.29) is 11.5 Å². The first-order valence-corrected chi connectivity index (χ1v) is 8.46. The van der Waals surface area contributed by atoms with Crippen LogP contribution in [0.2, 0.25) is 0 Å². The monoisotopic (exact) mass is 300 g/mol. The van der Waals surface area contributed by atoms with E-state index in [0.29, 0.717) is 30.0 Å². The van der Waals surface area contributed by atoms with Gasteiger partial charge < -0.3 is 4.74 Å². The fourth-order valence-corrected chi connectivity index (χ4v) is 4.94. The molecule has 1 aliphatic heterocycles. The number of aryl methyl sites for hydroxylation is 1. The molecule has 1 aromatic rings. The van der Waals surface area contributed by atoms with Gasteiger partial charge in [-0.15, -0.1) is 0 Å². The van der Waals surface area contributed by atoms with Gasteiger partial charge in [0.2, 0.25) is 0 Å². The van der Waals surface area contributed by atoms with Crippen molar-refractivity contribution in [3.63, 3.8) is 0 Å². The third-order valence-electron chi connectivity index (χ3n) is 3.76. The highest BCUT2D eigenvalue weighted by Gasteiger charge is 2.42. The molecule has 0 aromatic carbocycles. The molecule has 2 heterocycles. The summed E-state index contributed by atoms with van der Waals surface area (Å²) < 4.78 is 30.2. The minimum Gasteiger partial charge on any atom is -0.462 e. The van der Waals surface area contributed by atoms with Crippen LogP contribution in [0.1, 0.15) is 42.0 Å². The number of rotatable bonds is 3. The molecule has 0 radical (unpaired) electrons. The van der Waals surface area contributed by atoms with Gasteiger partial charge in [0.25, 0.3) is 0 Å². The van der Waals surface area contributed by atoms with Crippen LogP contribution in [-0.2, 0) is 20.1 Å². The van der Waals surface area contributed by atoms with Crippen molar-refractivity contribution in [3.05, 3.63) is 17.0 Å². The highest BCUT2D eigenvalue weighted by Crippen LogP contribution is 2.32. The van der Waals surface area contributed by atoms with E-state index in [2.05, 4.69) is 5.10 Å². The third kappa shape index (κ3) is 2.46.